The lowest BCUT2D eigenvalue weighted by Gasteiger charge is -2.15. The van der Waals surface area contributed by atoms with E-state index in [0.717, 1.165) is 0 Å². The van der Waals surface area contributed by atoms with Crippen LogP contribution < -0.4 is 5.56 Å². The average Bonchev–Trinajstić information content (AvgIpc) is 1.95. The summed E-state index contributed by atoms with van der Waals surface area (Å²) >= 11 is 12.0. The topological polar surface area (TPSA) is 22.0 Å². The van der Waals surface area contributed by atoms with Gasteiger partial charge in [0.1, 0.15) is 5.15 Å². The second-order valence-corrected chi connectivity index (χ2v) is 10.7. The molecule has 0 saturated heterocycles. The van der Waals surface area contributed by atoms with E-state index in [1.54, 1.807) is 12.1 Å². The fraction of sp³-hybridized carbons (Fsp3) is 0.375. The van der Waals surface area contributed by atoms with E-state index in [0.29, 0.717) is 11.3 Å². The Bertz CT molecular complexity index is 356. The molecule has 0 radical (unpaired) electrons. The summed E-state index contributed by atoms with van der Waals surface area (Å²) in [6.45, 7) is 3.95. The van der Waals surface area contributed by atoms with Crippen molar-refractivity contribution in [1.29, 1.82) is 0 Å². The van der Waals surface area contributed by atoms with Gasteiger partial charge in [-0.05, 0) is 6.07 Å². The molecule has 0 fully saturated rings. The van der Waals surface area contributed by atoms with E-state index in [4.69, 9.17) is 22.7 Å². The molecule has 72 valence electrons. The Kier molecular flexibility index (Phi) is 3.21. The second-order valence-electron chi connectivity index (χ2n) is 3.49. The molecule has 0 aliphatic rings. The molecule has 1 rings (SSSR count). The predicted molar refractivity (Wildman–Crippen MR) is 59.0 cm³/mol. The SMILES string of the molecule is C[Si](C)(Cl)Cn1c(Cl)cccc1=O. The minimum atomic E-state index is -1.81. The van der Waals surface area contributed by atoms with Crippen molar-refractivity contribution in [3.05, 3.63) is 33.7 Å². The molecule has 5 heteroatoms. The van der Waals surface area contributed by atoms with Gasteiger partial charge in [0.15, 0.2) is 7.38 Å². The number of pyridine rings is 1. The van der Waals surface area contributed by atoms with E-state index >= 15 is 0 Å². The van der Waals surface area contributed by atoms with E-state index in [1.165, 1.54) is 10.6 Å². The summed E-state index contributed by atoms with van der Waals surface area (Å²) in [5.41, 5.74) is -0.0891. The van der Waals surface area contributed by atoms with Crippen molar-refractivity contribution in [3.63, 3.8) is 0 Å². The summed E-state index contributed by atoms with van der Waals surface area (Å²) in [6.07, 6.45) is 0.549. The van der Waals surface area contributed by atoms with Crippen LogP contribution in [-0.4, -0.2) is 12.0 Å². The summed E-state index contributed by atoms with van der Waals surface area (Å²) in [7, 11) is -1.81. The Hall–Kier alpha value is -0.253. The fourth-order valence-electron chi connectivity index (χ4n) is 1.02. The first-order chi connectivity index (χ1) is 5.90. The Labute approximate surface area is 87.8 Å². The Balaban J connectivity index is 3.08. The normalized spacial score (nSPS) is 11.7. The van der Waals surface area contributed by atoms with Crippen LogP contribution in [0.3, 0.4) is 0 Å². The molecule has 0 bridgehead atoms. The zero-order chi connectivity index (χ0) is 10.1. The molecule has 0 unspecified atom stereocenters. The first-order valence-electron chi connectivity index (χ1n) is 3.94. The van der Waals surface area contributed by atoms with Crippen LogP contribution >= 0.6 is 22.7 Å². The third-order valence-corrected chi connectivity index (χ3v) is 3.29. The van der Waals surface area contributed by atoms with Gasteiger partial charge in [0.25, 0.3) is 5.56 Å². The van der Waals surface area contributed by atoms with E-state index in [1.807, 2.05) is 13.1 Å². The number of hydrogen-bond donors (Lipinski definition) is 0. The van der Waals surface area contributed by atoms with Gasteiger partial charge in [-0.25, -0.2) is 0 Å². The molecule has 0 saturated carbocycles. The van der Waals surface area contributed by atoms with Gasteiger partial charge in [-0.1, -0.05) is 30.8 Å². The smallest absolute Gasteiger partial charge is 0.251 e. The van der Waals surface area contributed by atoms with Gasteiger partial charge in [-0.15, -0.1) is 0 Å². The molecule has 13 heavy (non-hydrogen) atoms. The highest BCUT2D eigenvalue weighted by atomic mass is 35.6. The minimum Gasteiger partial charge on any atom is -0.301 e. The number of hydrogen-bond acceptors (Lipinski definition) is 1. The van der Waals surface area contributed by atoms with Crippen LogP contribution in [0.1, 0.15) is 0 Å². The highest BCUT2D eigenvalue weighted by Gasteiger charge is 2.19. The third kappa shape index (κ3) is 3.18. The van der Waals surface area contributed by atoms with Crippen LogP contribution in [0.4, 0.5) is 0 Å². The maximum atomic E-state index is 11.4. The van der Waals surface area contributed by atoms with Crippen molar-refractivity contribution in [1.82, 2.24) is 4.57 Å². The van der Waals surface area contributed by atoms with Crippen LogP contribution in [0.15, 0.2) is 23.0 Å². The molecule has 1 heterocycles. The van der Waals surface area contributed by atoms with Crippen molar-refractivity contribution in [2.24, 2.45) is 0 Å². The number of rotatable bonds is 2. The fourth-order valence-corrected chi connectivity index (χ4v) is 2.78. The van der Waals surface area contributed by atoms with Gasteiger partial charge in [0.05, 0.1) is 0 Å². The molecule has 1 aromatic rings. The van der Waals surface area contributed by atoms with Crippen molar-refractivity contribution in [2.75, 3.05) is 0 Å². The molecule has 0 N–H and O–H groups in total. The molecular weight excluding hydrogens is 225 g/mol. The standard InChI is InChI=1S/C8H11Cl2NOSi/c1-13(2,10)6-11-7(9)4-3-5-8(11)12/h3-5H,6H2,1-2H3. The first-order valence-corrected chi connectivity index (χ1v) is 8.54. The molecule has 0 aliphatic heterocycles. The maximum Gasteiger partial charge on any atom is 0.251 e. The van der Waals surface area contributed by atoms with E-state index < -0.39 is 7.38 Å². The molecule has 2 nitrogen and oxygen atoms in total. The zero-order valence-electron chi connectivity index (χ0n) is 7.55. The summed E-state index contributed by atoms with van der Waals surface area (Å²) in [6, 6.07) is 4.83. The quantitative estimate of drug-likeness (QED) is 0.439. The van der Waals surface area contributed by atoms with Gasteiger partial charge in [-0.2, -0.15) is 11.1 Å². The van der Waals surface area contributed by atoms with Crippen molar-refractivity contribution in [2.45, 2.75) is 19.3 Å². The minimum absolute atomic E-state index is 0.0891. The average molecular weight is 236 g/mol. The summed E-state index contributed by atoms with van der Waals surface area (Å²) in [5.74, 6) is 0. The van der Waals surface area contributed by atoms with Gasteiger partial charge in [-0.3, -0.25) is 4.79 Å². The lowest BCUT2D eigenvalue weighted by molar-refractivity contribution is 0.814. The Morgan fingerprint density at radius 1 is 1.46 bits per heavy atom. The van der Waals surface area contributed by atoms with Gasteiger partial charge in [0.2, 0.25) is 0 Å². The van der Waals surface area contributed by atoms with E-state index in [2.05, 4.69) is 0 Å². The molecule has 0 atom stereocenters. The Morgan fingerprint density at radius 3 is 2.54 bits per heavy atom. The molecule has 0 amide bonds. The van der Waals surface area contributed by atoms with Gasteiger partial charge >= 0.3 is 0 Å². The summed E-state index contributed by atoms with van der Waals surface area (Å²) < 4.78 is 1.51. The maximum absolute atomic E-state index is 11.4. The number of aromatic nitrogens is 1. The number of halogens is 2. The third-order valence-electron chi connectivity index (χ3n) is 1.53. The van der Waals surface area contributed by atoms with Crippen LogP contribution in [0, 0.1) is 0 Å². The molecule has 0 aliphatic carbocycles. The Morgan fingerprint density at radius 2 is 2.08 bits per heavy atom. The lowest BCUT2D eigenvalue weighted by atomic mass is 10.5. The second kappa shape index (κ2) is 3.86. The van der Waals surface area contributed by atoms with Crippen molar-refractivity contribution in [3.8, 4) is 0 Å². The first kappa shape index (κ1) is 10.8. The largest absolute Gasteiger partial charge is 0.301 e. The highest BCUT2D eigenvalue weighted by molar-refractivity contribution is 7.18. The van der Waals surface area contributed by atoms with E-state index in [9.17, 15) is 4.79 Å². The highest BCUT2D eigenvalue weighted by Crippen LogP contribution is 2.13. The van der Waals surface area contributed by atoms with Crippen LogP contribution in [-0.2, 0) is 6.17 Å². The molecular formula is C8H11Cl2NOSi. The molecule has 0 spiro atoms. The van der Waals surface area contributed by atoms with Crippen LogP contribution in [0.5, 0.6) is 0 Å². The monoisotopic (exact) mass is 235 g/mol. The zero-order valence-corrected chi connectivity index (χ0v) is 10.1. The summed E-state index contributed by atoms with van der Waals surface area (Å²) in [4.78, 5) is 11.4. The predicted octanol–water partition coefficient (Wildman–Crippen LogP) is 2.48. The molecule has 0 aromatic carbocycles. The lowest BCUT2D eigenvalue weighted by Crippen LogP contribution is -2.32. The summed E-state index contributed by atoms with van der Waals surface area (Å²) in [5, 5.41) is 0.453. The van der Waals surface area contributed by atoms with Gasteiger partial charge < -0.3 is 4.57 Å². The van der Waals surface area contributed by atoms with Gasteiger partial charge in [0, 0.05) is 12.2 Å². The van der Waals surface area contributed by atoms with Crippen LogP contribution in [0.25, 0.3) is 0 Å². The van der Waals surface area contributed by atoms with Crippen molar-refractivity contribution < 1.29 is 0 Å². The van der Waals surface area contributed by atoms with Crippen molar-refractivity contribution >= 4 is 30.1 Å². The molecule has 1 aromatic heterocycles. The van der Waals surface area contributed by atoms with Crippen LogP contribution in [0.2, 0.25) is 18.2 Å². The van der Waals surface area contributed by atoms with E-state index in [-0.39, 0.29) is 5.56 Å². The number of nitrogens with zero attached hydrogens (tertiary/aromatic N) is 1.